The molecule has 4 nitrogen and oxygen atoms in total. The Morgan fingerprint density at radius 2 is 2.00 bits per heavy atom. The summed E-state index contributed by atoms with van der Waals surface area (Å²) < 4.78 is 0.918. The highest BCUT2D eigenvalue weighted by molar-refractivity contribution is 8.01. The summed E-state index contributed by atoms with van der Waals surface area (Å²) in [6, 6.07) is 7.32. The number of carbonyl (C=O) groups excluding carboxylic acids is 2. The van der Waals surface area contributed by atoms with Crippen LogP contribution in [0.4, 0.5) is 0 Å². The van der Waals surface area contributed by atoms with Crippen LogP contribution in [0.5, 0.6) is 0 Å². The molecule has 0 saturated carbocycles. The molecule has 0 aliphatic rings. The minimum absolute atomic E-state index is 0.0608. The van der Waals surface area contributed by atoms with Crippen molar-refractivity contribution in [3.8, 4) is 0 Å². The third kappa shape index (κ3) is 4.68. The number of ketones is 1. The second-order valence-corrected chi connectivity index (χ2v) is 7.09. The molecule has 22 heavy (non-hydrogen) atoms. The quantitative estimate of drug-likeness (QED) is 0.647. The molecule has 2 aromatic rings. The van der Waals surface area contributed by atoms with Gasteiger partial charge in [0.25, 0.3) is 0 Å². The highest BCUT2D eigenvalue weighted by Crippen LogP contribution is 2.23. The van der Waals surface area contributed by atoms with Crippen LogP contribution in [0.3, 0.4) is 0 Å². The van der Waals surface area contributed by atoms with Crippen LogP contribution in [0.1, 0.15) is 41.5 Å². The number of aryl methyl sites for hydroxylation is 1. The van der Waals surface area contributed by atoms with E-state index in [1.54, 1.807) is 11.3 Å². The molecule has 1 amide bonds. The molecule has 1 heterocycles. The van der Waals surface area contributed by atoms with E-state index in [2.05, 4.69) is 10.3 Å². The van der Waals surface area contributed by atoms with Crippen LogP contribution in [0, 0.1) is 6.92 Å². The maximum absolute atomic E-state index is 12.2. The van der Waals surface area contributed by atoms with E-state index in [9.17, 15) is 9.59 Å². The van der Waals surface area contributed by atoms with Crippen molar-refractivity contribution in [1.29, 1.82) is 0 Å². The minimum atomic E-state index is -0.0669. The van der Waals surface area contributed by atoms with Gasteiger partial charge in [-0.3, -0.25) is 9.59 Å². The number of nitrogens with one attached hydrogen (secondary N) is 1. The number of nitrogens with zero attached hydrogens (tertiary/aromatic N) is 1. The van der Waals surface area contributed by atoms with Gasteiger partial charge in [0, 0.05) is 23.6 Å². The number of hydrogen-bond acceptors (Lipinski definition) is 5. The number of rotatable bonds is 6. The summed E-state index contributed by atoms with van der Waals surface area (Å²) in [5.74, 6) is 0.396. The number of hydrogen-bond donors (Lipinski definition) is 1. The van der Waals surface area contributed by atoms with Crippen LogP contribution in [-0.4, -0.2) is 22.4 Å². The van der Waals surface area contributed by atoms with Crippen LogP contribution in [0.2, 0.25) is 0 Å². The molecule has 6 heteroatoms. The molecule has 1 aromatic carbocycles. The fraction of sp³-hybridized carbons (Fsp3) is 0.312. The lowest BCUT2D eigenvalue weighted by Gasteiger charge is -2.13. The third-order valence-electron chi connectivity index (χ3n) is 3.08. The van der Waals surface area contributed by atoms with Crippen molar-refractivity contribution in [2.45, 2.75) is 31.2 Å². The molecule has 0 radical (unpaired) electrons. The molecule has 0 aliphatic carbocycles. The Balaban J connectivity index is 1.94. The Kier molecular flexibility index (Phi) is 5.74. The molecule has 0 aliphatic heterocycles. The Morgan fingerprint density at radius 1 is 1.32 bits per heavy atom. The molecule has 0 unspecified atom stereocenters. The van der Waals surface area contributed by atoms with Crippen molar-refractivity contribution < 1.29 is 9.59 Å². The van der Waals surface area contributed by atoms with Crippen molar-refractivity contribution >= 4 is 34.8 Å². The first kappa shape index (κ1) is 16.7. The van der Waals surface area contributed by atoms with E-state index in [1.807, 2.05) is 43.5 Å². The van der Waals surface area contributed by atoms with E-state index in [4.69, 9.17) is 0 Å². The standard InChI is InChI=1S/C16H18N2O2S2/c1-10-8-21-16(17-10)22-9-15(20)14-6-4-13(5-7-14)11(2)18-12(3)19/h4-8,11H,9H2,1-3H3,(H,18,19)/t11-/m0/s1. The molecule has 0 saturated heterocycles. The first-order chi connectivity index (χ1) is 10.5. The van der Waals surface area contributed by atoms with Crippen LogP contribution in [0.15, 0.2) is 34.0 Å². The average molecular weight is 334 g/mol. The maximum Gasteiger partial charge on any atom is 0.217 e. The number of benzene rings is 1. The molecule has 116 valence electrons. The van der Waals surface area contributed by atoms with Crippen molar-refractivity contribution in [3.05, 3.63) is 46.5 Å². The zero-order chi connectivity index (χ0) is 16.1. The zero-order valence-corrected chi connectivity index (χ0v) is 14.4. The highest BCUT2D eigenvalue weighted by atomic mass is 32.2. The summed E-state index contributed by atoms with van der Waals surface area (Å²) in [6.45, 7) is 5.35. The van der Waals surface area contributed by atoms with E-state index in [-0.39, 0.29) is 17.7 Å². The second kappa shape index (κ2) is 7.56. The molecule has 0 bridgehead atoms. The number of Topliss-reactive ketones (excluding diaryl/α,β-unsaturated/α-hetero) is 1. The van der Waals surface area contributed by atoms with Gasteiger partial charge >= 0.3 is 0 Å². The van der Waals surface area contributed by atoms with Crippen molar-refractivity contribution in [3.63, 3.8) is 0 Å². The lowest BCUT2D eigenvalue weighted by Crippen LogP contribution is -2.23. The summed E-state index contributed by atoms with van der Waals surface area (Å²) in [6.07, 6.45) is 0. The van der Waals surface area contributed by atoms with Gasteiger partial charge in [-0.2, -0.15) is 0 Å². The van der Waals surface area contributed by atoms with E-state index >= 15 is 0 Å². The zero-order valence-electron chi connectivity index (χ0n) is 12.8. The van der Waals surface area contributed by atoms with Crippen molar-refractivity contribution in [2.75, 3.05) is 5.75 Å². The third-order valence-corrected chi connectivity index (χ3v) is 5.22. The van der Waals surface area contributed by atoms with E-state index in [1.165, 1.54) is 18.7 Å². The van der Waals surface area contributed by atoms with Crippen molar-refractivity contribution in [1.82, 2.24) is 10.3 Å². The van der Waals surface area contributed by atoms with Gasteiger partial charge in [0.1, 0.15) is 0 Å². The molecule has 0 fully saturated rings. The molecular weight excluding hydrogens is 316 g/mol. The highest BCUT2D eigenvalue weighted by Gasteiger charge is 2.10. The number of thioether (sulfide) groups is 1. The topological polar surface area (TPSA) is 59.1 Å². The van der Waals surface area contributed by atoms with Crippen LogP contribution in [0.25, 0.3) is 0 Å². The van der Waals surface area contributed by atoms with Gasteiger partial charge in [-0.1, -0.05) is 36.0 Å². The Labute approximate surface area is 138 Å². The molecule has 1 atom stereocenters. The summed E-state index contributed by atoms with van der Waals surface area (Å²) in [5, 5.41) is 4.80. The predicted octanol–water partition coefficient (Wildman–Crippen LogP) is 3.62. The van der Waals surface area contributed by atoms with Crippen LogP contribution in [-0.2, 0) is 4.79 Å². The smallest absolute Gasteiger partial charge is 0.217 e. The normalized spacial score (nSPS) is 12.0. The first-order valence-corrected chi connectivity index (χ1v) is 8.77. The number of thiazole rings is 1. The fourth-order valence-electron chi connectivity index (χ4n) is 1.96. The number of aromatic nitrogens is 1. The van der Waals surface area contributed by atoms with Gasteiger partial charge in [0.05, 0.1) is 11.8 Å². The number of carbonyl (C=O) groups is 2. The summed E-state index contributed by atoms with van der Waals surface area (Å²) in [4.78, 5) is 27.6. The van der Waals surface area contributed by atoms with Crippen LogP contribution < -0.4 is 5.32 Å². The lowest BCUT2D eigenvalue weighted by molar-refractivity contribution is -0.119. The maximum atomic E-state index is 12.2. The average Bonchev–Trinajstić information content (AvgIpc) is 2.90. The minimum Gasteiger partial charge on any atom is -0.350 e. The van der Waals surface area contributed by atoms with Gasteiger partial charge in [-0.05, 0) is 19.4 Å². The van der Waals surface area contributed by atoms with E-state index in [0.29, 0.717) is 11.3 Å². The van der Waals surface area contributed by atoms with E-state index in [0.717, 1.165) is 15.6 Å². The molecular formula is C16H18N2O2S2. The van der Waals surface area contributed by atoms with Crippen LogP contribution >= 0.6 is 23.1 Å². The van der Waals surface area contributed by atoms with Gasteiger partial charge in [0.2, 0.25) is 5.91 Å². The fourth-order valence-corrected chi connectivity index (χ4v) is 3.70. The second-order valence-electron chi connectivity index (χ2n) is 5.01. The summed E-state index contributed by atoms with van der Waals surface area (Å²) >= 11 is 3.02. The summed E-state index contributed by atoms with van der Waals surface area (Å²) in [5.41, 5.74) is 2.64. The molecule has 1 aromatic heterocycles. The Morgan fingerprint density at radius 3 is 2.55 bits per heavy atom. The van der Waals surface area contributed by atoms with E-state index < -0.39 is 0 Å². The van der Waals surface area contributed by atoms with Crippen molar-refractivity contribution in [2.24, 2.45) is 0 Å². The molecule has 1 N–H and O–H groups in total. The van der Waals surface area contributed by atoms with Gasteiger partial charge in [-0.15, -0.1) is 11.3 Å². The van der Waals surface area contributed by atoms with Gasteiger partial charge in [-0.25, -0.2) is 4.98 Å². The molecule has 0 spiro atoms. The first-order valence-electron chi connectivity index (χ1n) is 6.91. The van der Waals surface area contributed by atoms with Gasteiger partial charge in [0.15, 0.2) is 10.1 Å². The van der Waals surface area contributed by atoms with Gasteiger partial charge < -0.3 is 5.32 Å². The Hall–Kier alpha value is -1.66. The molecule has 2 rings (SSSR count). The summed E-state index contributed by atoms with van der Waals surface area (Å²) in [7, 11) is 0. The largest absolute Gasteiger partial charge is 0.350 e. The monoisotopic (exact) mass is 334 g/mol. The predicted molar refractivity (Wildman–Crippen MR) is 90.6 cm³/mol. The number of amides is 1. The SMILES string of the molecule is CC(=O)N[C@@H](C)c1ccc(C(=O)CSc2nc(C)cs2)cc1. The Bertz CT molecular complexity index is 665. The lowest BCUT2D eigenvalue weighted by atomic mass is 10.0.